The molecule has 1 N–H and O–H groups in total. The molecule has 0 spiro atoms. The molecule has 0 unspecified atom stereocenters. The molecule has 0 saturated carbocycles. The number of benzene rings is 1. The van der Waals surface area contributed by atoms with Crippen LogP contribution in [-0.4, -0.2) is 17.0 Å². The number of amidine groups is 1. The van der Waals surface area contributed by atoms with E-state index in [2.05, 4.69) is 10.3 Å². The molecule has 0 fully saturated rings. The van der Waals surface area contributed by atoms with Crippen LogP contribution in [-0.2, 0) is 6.18 Å². The molecular weight excluding hydrogens is 292 g/mol. The molecular formula is C13H14F4N2S. The van der Waals surface area contributed by atoms with Gasteiger partial charge in [0.1, 0.15) is 5.82 Å². The number of halogens is 4. The van der Waals surface area contributed by atoms with Crippen molar-refractivity contribution in [3.63, 3.8) is 0 Å². The number of thioether (sulfide) groups is 1. The van der Waals surface area contributed by atoms with Crippen LogP contribution in [0, 0.1) is 11.7 Å². The average molecular weight is 306 g/mol. The Labute approximate surface area is 118 Å². The van der Waals surface area contributed by atoms with Gasteiger partial charge in [0.05, 0.1) is 11.6 Å². The minimum atomic E-state index is -4.70. The fraction of sp³-hybridized carbons (Fsp3) is 0.462. The van der Waals surface area contributed by atoms with Crippen LogP contribution in [0.1, 0.15) is 19.4 Å². The summed E-state index contributed by atoms with van der Waals surface area (Å²) in [6.45, 7) is 4.08. The highest BCUT2D eigenvalue weighted by atomic mass is 32.2. The SMILES string of the molecule is CC(C)[C@H]1CSC(Nc2ccc(F)c(C(F)(F)F)c2)=N1. The third-order valence-corrected chi connectivity index (χ3v) is 3.96. The number of hydrogen-bond acceptors (Lipinski definition) is 3. The molecule has 0 bridgehead atoms. The van der Waals surface area contributed by atoms with E-state index < -0.39 is 17.6 Å². The summed E-state index contributed by atoms with van der Waals surface area (Å²) in [5.41, 5.74) is -1.08. The third kappa shape index (κ3) is 3.45. The molecule has 0 radical (unpaired) electrons. The van der Waals surface area contributed by atoms with Crippen LogP contribution in [0.4, 0.5) is 23.2 Å². The Morgan fingerprint density at radius 1 is 1.35 bits per heavy atom. The molecule has 1 heterocycles. The van der Waals surface area contributed by atoms with Crippen LogP contribution in [0.2, 0.25) is 0 Å². The van der Waals surface area contributed by atoms with Crippen molar-refractivity contribution in [2.45, 2.75) is 26.1 Å². The van der Waals surface area contributed by atoms with E-state index in [1.807, 2.05) is 13.8 Å². The zero-order chi connectivity index (χ0) is 14.9. The van der Waals surface area contributed by atoms with Crippen molar-refractivity contribution in [1.82, 2.24) is 0 Å². The van der Waals surface area contributed by atoms with Crippen LogP contribution in [0.15, 0.2) is 23.2 Å². The molecule has 1 aliphatic heterocycles. The van der Waals surface area contributed by atoms with E-state index in [-0.39, 0.29) is 11.7 Å². The first-order valence-corrected chi connectivity index (χ1v) is 7.10. The van der Waals surface area contributed by atoms with Crippen LogP contribution in [0.5, 0.6) is 0 Å². The predicted molar refractivity (Wildman–Crippen MR) is 73.5 cm³/mol. The zero-order valence-electron chi connectivity index (χ0n) is 11.0. The van der Waals surface area contributed by atoms with Gasteiger partial charge in [-0.2, -0.15) is 13.2 Å². The van der Waals surface area contributed by atoms with Gasteiger partial charge < -0.3 is 5.32 Å². The molecule has 1 aromatic carbocycles. The fourth-order valence-corrected chi connectivity index (χ4v) is 2.93. The second kappa shape index (κ2) is 5.63. The number of nitrogens with zero attached hydrogens (tertiary/aromatic N) is 1. The first-order chi connectivity index (χ1) is 9.27. The lowest BCUT2D eigenvalue weighted by atomic mass is 10.1. The molecule has 0 saturated heterocycles. The maximum absolute atomic E-state index is 13.2. The summed E-state index contributed by atoms with van der Waals surface area (Å²) in [5.74, 6) is -0.0993. The highest BCUT2D eigenvalue weighted by Gasteiger charge is 2.34. The average Bonchev–Trinajstić information content (AvgIpc) is 2.79. The van der Waals surface area contributed by atoms with Crippen LogP contribution < -0.4 is 5.32 Å². The monoisotopic (exact) mass is 306 g/mol. The summed E-state index contributed by atoms with van der Waals surface area (Å²) < 4.78 is 51.0. The van der Waals surface area contributed by atoms with Crippen molar-refractivity contribution in [3.05, 3.63) is 29.6 Å². The minimum Gasteiger partial charge on any atom is -0.335 e. The molecule has 2 nitrogen and oxygen atoms in total. The second-order valence-electron chi connectivity index (χ2n) is 4.87. The van der Waals surface area contributed by atoms with Crippen molar-refractivity contribution in [2.24, 2.45) is 10.9 Å². The quantitative estimate of drug-likeness (QED) is 0.820. The van der Waals surface area contributed by atoms with E-state index in [1.54, 1.807) is 0 Å². The summed E-state index contributed by atoms with van der Waals surface area (Å²) in [4.78, 5) is 4.39. The lowest BCUT2D eigenvalue weighted by Gasteiger charge is -2.11. The smallest absolute Gasteiger partial charge is 0.335 e. The molecule has 20 heavy (non-hydrogen) atoms. The number of anilines is 1. The Kier molecular flexibility index (Phi) is 4.27. The van der Waals surface area contributed by atoms with Gasteiger partial charge in [0.25, 0.3) is 0 Å². The molecule has 2 rings (SSSR count). The maximum atomic E-state index is 13.2. The summed E-state index contributed by atoms with van der Waals surface area (Å²) in [5, 5.41) is 3.38. The van der Waals surface area contributed by atoms with Gasteiger partial charge in [-0.3, -0.25) is 4.99 Å². The normalized spacial score (nSPS) is 19.4. The summed E-state index contributed by atoms with van der Waals surface area (Å²) in [6.07, 6.45) is -4.70. The number of alkyl halides is 3. The zero-order valence-corrected chi connectivity index (χ0v) is 11.8. The first-order valence-electron chi connectivity index (χ1n) is 6.11. The van der Waals surface area contributed by atoms with E-state index in [4.69, 9.17) is 0 Å². The van der Waals surface area contributed by atoms with Gasteiger partial charge in [0, 0.05) is 11.4 Å². The van der Waals surface area contributed by atoms with Crippen molar-refractivity contribution >= 4 is 22.6 Å². The molecule has 1 atom stereocenters. The second-order valence-corrected chi connectivity index (χ2v) is 5.88. The standard InChI is InChI=1S/C13H14F4N2S/c1-7(2)11-6-20-12(19-11)18-8-3-4-10(14)9(5-8)13(15,16)17/h3-5,7,11H,6H2,1-2H3,(H,18,19)/t11-/m1/s1. The third-order valence-electron chi connectivity index (χ3n) is 2.97. The molecule has 1 aromatic rings. The fourth-order valence-electron chi connectivity index (χ4n) is 1.74. The number of nitrogens with one attached hydrogen (secondary N) is 1. The number of aliphatic imine (C=N–C) groups is 1. The minimum absolute atomic E-state index is 0.157. The Morgan fingerprint density at radius 3 is 2.60 bits per heavy atom. The highest BCUT2D eigenvalue weighted by Crippen LogP contribution is 2.33. The van der Waals surface area contributed by atoms with Gasteiger partial charge in [-0.1, -0.05) is 25.6 Å². The van der Waals surface area contributed by atoms with Gasteiger partial charge in [0.2, 0.25) is 0 Å². The largest absolute Gasteiger partial charge is 0.419 e. The molecule has 0 aliphatic carbocycles. The van der Waals surface area contributed by atoms with E-state index >= 15 is 0 Å². The van der Waals surface area contributed by atoms with Crippen LogP contribution in [0.25, 0.3) is 0 Å². The van der Waals surface area contributed by atoms with Gasteiger partial charge in [-0.05, 0) is 24.1 Å². The van der Waals surface area contributed by atoms with Crippen LogP contribution >= 0.6 is 11.8 Å². The van der Waals surface area contributed by atoms with E-state index in [9.17, 15) is 17.6 Å². The molecule has 0 amide bonds. The van der Waals surface area contributed by atoms with Gasteiger partial charge >= 0.3 is 6.18 Å². The van der Waals surface area contributed by atoms with Crippen molar-refractivity contribution < 1.29 is 17.6 Å². The van der Waals surface area contributed by atoms with Crippen molar-refractivity contribution in [1.29, 1.82) is 0 Å². The maximum Gasteiger partial charge on any atom is 0.419 e. The molecule has 1 aliphatic rings. The van der Waals surface area contributed by atoms with E-state index in [0.29, 0.717) is 11.1 Å². The number of rotatable bonds is 2. The summed E-state index contributed by atoms with van der Waals surface area (Å²) in [7, 11) is 0. The lowest BCUT2D eigenvalue weighted by Crippen LogP contribution is -2.12. The molecule has 0 aromatic heterocycles. The van der Waals surface area contributed by atoms with Crippen LogP contribution in [0.3, 0.4) is 0 Å². The lowest BCUT2D eigenvalue weighted by molar-refractivity contribution is -0.139. The van der Waals surface area contributed by atoms with Gasteiger partial charge in [-0.15, -0.1) is 0 Å². The van der Waals surface area contributed by atoms with Crippen molar-refractivity contribution in [2.75, 3.05) is 11.1 Å². The topological polar surface area (TPSA) is 24.4 Å². The van der Waals surface area contributed by atoms with Gasteiger partial charge in [-0.25, -0.2) is 4.39 Å². The molecule has 110 valence electrons. The Bertz CT molecular complexity index is 526. The number of hydrogen-bond donors (Lipinski definition) is 1. The van der Waals surface area contributed by atoms with E-state index in [1.165, 1.54) is 17.8 Å². The Hall–Kier alpha value is -1.24. The molecule has 7 heteroatoms. The summed E-state index contributed by atoms with van der Waals surface area (Å²) in [6, 6.07) is 3.01. The first kappa shape index (κ1) is 15.2. The van der Waals surface area contributed by atoms with Crippen molar-refractivity contribution in [3.8, 4) is 0 Å². The van der Waals surface area contributed by atoms with E-state index in [0.717, 1.165) is 17.9 Å². The Balaban J connectivity index is 2.17. The van der Waals surface area contributed by atoms with Gasteiger partial charge in [0.15, 0.2) is 5.17 Å². The Morgan fingerprint density at radius 2 is 2.05 bits per heavy atom. The highest BCUT2D eigenvalue weighted by molar-refractivity contribution is 8.14. The predicted octanol–water partition coefficient (Wildman–Crippen LogP) is 4.38. The summed E-state index contributed by atoms with van der Waals surface area (Å²) >= 11 is 1.46.